The van der Waals surface area contributed by atoms with Gasteiger partial charge < -0.3 is 4.74 Å². The molecule has 0 saturated heterocycles. The molecule has 160 valence electrons. The van der Waals surface area contributed by atoms with Crippen LogP contribution >= 0.6 is 15.9 Å². The minimum Gasteiger partial charge on any atom is -0.444 e. The number of halogens is 2. The lowest BCUT2D eigenvalue weighted by Crippen LogP contribution is -2.39. The zero-order valence-electron chi connectivity index (χ0n) is 17.6. The maximum Gasteiger partial charge on any atom is 0.415 e. The van der Waals surface area contributed by atoms with Crippen LogP contribution in [0.4, 0.5) is 14.9 Å². The lowest BCUT2D eigenvalue weighted by Gasteiger charge is -2.39. The van der Waals surface area contributed by atoms with Gasteiger partial charge in [0.05, 0.1) is 11.7 Å². The van der Waals surface area contributed by atoms with Crippen LogP contribution < -0.4 is 4.90 Å². The minimum absolute atomic E-state index is 0.189. The van der Waals surface area contributed by atoms with E-state index in [0.29, 0.717) is 6.42 Å². The van der Waals surface area contributed by atoms with Crippen LogP contribution in [0, 0.1) is 5.82 Å². The second kappa shape index (κ2) is 9.23. The van der Waals surface area contributed by atoms with Gasteiger partial charge in [-0.15, -0.1) is 0 Å². The van der Waals surface area contributed by atoms with E-state index in [4.69, 9.17) is 4.74 Å². The van der Waals surface area contributed by atoms with Crippen molar-refractivity contribution in [2.24, 2.45) is 0 Å². The van der Waals surface area contributed by atoms with E-state index in [0.717, 1.165) is 38.8 Å². The molecule has 1 heterocycles. The van der Waals surface area contributed by atoms with Gasteiger partial charge in [-0.1, -0.05) is 72.2 Å². The van der Waals surface area contributed by atoms with E-state index in [1.54, 1.807) is 11.0 Å². The Morgan fingerprint density at radius 1 is 1.13 bits per heavy atom. The van der Waals surface area contributed by atoms with Crippen molar-refractivity contribution in [2.75, 3.05) is 4.90 Å². The van der Waals surface area contributed by atoms with Gasteiger partial charge in [0.25, 0.3) is 0 Å². The van der Waals surface area contributed by atoms with Crippen LogP contribution in [0.3, 0.4) is 0 Å². The number of amides is 1. The highest BCUT2D eigenvalue weighted by molar-refractivity contribution is 9.10. The highest BCUT2D eigenvalue weighted by Crippen LogP contribution is 2.44. The van der Waals surface area contributed by atoms with Crippen LogP contribution in [-0.2, 0) is 17.8 Å². The largest absolute Gasteiger partial charge is 0.444 e. The molecule has 0 spiro atoms. The first-order valence-corrected chi connectivity index (χ1v) is 11.3. The summed E-state index contributed by atoms with van der Waals surface area (Å²) in [5.74, 6) is -0.0947. The van der Waals surface area contributed by atoms with E-state index < -0.39 is 6.09 Å². The molecule has 5 heteroatoms. The van der Waals surface area contributed by atoms with Gasteiger partial charge >= 0.3 is 6.09 Å². The number of fused-ring (bicyclic) bond motifs is 1. The summed E-state index contributed by atoms with van der Waals surface area (Å²) >= 11 is 3.61. The van der Waals surface area contributed by atoms with Gasteiger partial charge in [0.1, 0.15) is 12.4 Å². The summed E-state index contributed by atoms with van der Waals surface area (Å²) in [5, 5.41) is 0. The molecule has 3 aromatic rings. The normalized spacial score (nSPS) is 15.6. The Bertz CT molecular complexity index is 1080. The second-order valence-corrected chi connectivity index (χ2v) is 9.09. The number of carbonyl (C=O) groups is 1. The third kappa shape index (κ3) is 4.67. The monoisotopic (exact) mass is 481 g/mol. The van der Waals surface area contributed by atoms with Gasteiger partial charge in [-0.3, -0.25) is 4.90 Å². The maximum atomic E-state index is 14.0. The Hall–Kier alpha value is -2.66. The molecule has 1 aliphatic heterocycles. The zero-order valence-corrected chi connectivity index (χ0v) is 19.2. The number of aryl methyl sites for hydroxylation is 1. The summed E-state index contributed by atoms with van der Waals surface area (Å²) in [5.41, 5.74) is 4.76. The number of benzene rings is 3. The number of hydrogen-bond donors (Lipinski definition) is 0. The fraction of sp³-hybridized carbons (Fsp3) is 0.269. The summed E-state index contributed by atoms with van der Waals surface area (Å²) in [6.45, 7) is 4.41. The number of anilines is 1. The van der Waals surface area contributed by atoms with Gasteiger partial charge in [0.15, 0.2) is 0 Å². The van der Waals surface area contributed by atoms with Crippen LogP contribution in [0.1, 0.15) is 54.5 Å². The third-order valence-corrected chi connectivity index (χ3v) is 6.14. The lowest BCUT2D eigenvalue weighted by atomic mass is 9.87. The Morgan fingerprint density at radius 3 is 2.61 bits per heavy atom. The molecule has 1 unspecified atom stereocenters. The molecule has 0 fully saturated rings. The van der Waals surface area contributed by atoms with E-state index in [-0.39, 0.29) is 24.4 Å². The summed E-state index contributed by atoms with van der Waals surface area (Å²) < 4.78 is 20.8. The molecule has 4 rings (SSSR count). The van der Waals surface area contributed by atoms with Crippen LogP contribution in [0.2, 0.25) is 0 Å². The first-order chi connectivity index (χ1) is 14.9. The van der Waals surface area contributed by atoms with Crippen molar-refractivity contribution in [1.82, 2.24) is 0 Å². The van der Waals surface area contributed by atoms with Crippen molar-refractivity contribution in [3.8, 4) is 0 Å². The number of ether oxygens (including phenoxy) is 1. The third-order valence-electron chi connectivity index (χ3n) is 5.68. The van der Waals surface area contributed by atoms with Crippen molar-refractivity contribution >= 4 is 27.7 Å². The standard InChI is InChI=1S/C26H25BrFNO2/c1-17(2)23-15-21(27)13-20-11-12-24(19-9-6-10-22(28)14-19)29(25(20)23)26(30)31-16-18-7-4-3-5-8-18/h3-10,13-15,17,24H,11-12,16H2,1-2H3. The predicted molar refractivity (Wildman–Crippen MR) is 125 cm³/mol. The molecule has 1 amide bonds. The van der Waals surface area contributed by atoms with Crippen LogP contribution in [-0.4, -0.2) is 6.09 Å². The lowest BCUT2D eigenvalue weighted by molar-refractivity contribution is 0.143. The first-order valence-electron chi connectivity index (χ1n) is 10.5. The highest BCUT2D eigenvalue weighted by atomic mass is 79.9. The van der Waals surface area contributed by atoms with Gasteiger partial charge in [0, 0.05) is 4.47 Å². The average Bonchev–Trinajstić information content (AvgIpc) is 2.76. The van der Waals surface area contributed by atoms with Crippen LogP contribution in [0.25, 0.3) is 0 Å². The molecule has 0 aliphatic carbocycles. The van der Waals surface area contributed by atoms with Crippen LogP contribution in [0.15, 0.2) is 71.2 Å². The molecular weight excluding hydrogens is 457 g/mol. The fourth-order valence-electron chi connectivity index (χ4n) is 4.22. The van der Waals surface area contributed by atoms with Crippen molar-refractivity contribution in [2.45, 2.75) is 45.3 Å². The van der Waals surface area contributed by atoms with Crippen molar-refractivity contribution in [3.63, 3.8) is 0 Å². The predicted octanol–water partition coefficient (Wildman–Crippen LogP) is 7.54. The van der Waals surface area contributed by atoms with E-state index in [9.17, 15) is 9.18 Å². The molecular formula is C26H25BrFNO2. The summed E-state index contributed by atoms with van der Waals surface area (Å²) in [6, 6.07) is 20.0. The van der Waals surface area contributed by atoms with E-state index in [1.807, 2.05) is 36.4 Å². The molecule has 0 bridgehead atoms. The zero-order chi connectivity index (χ0) is 22.0. The van der Waals surface area contributed by atoms with Crippen molar-refractivity contribution in [3.05, 3.63) is 99.3 Å². The van der Waals surface area contributed by atoms with E-state index in [2.05, 4.69) is 41.9 Å². The molecule has 0 aromatic heterocycles. The van der Waals surface area contributed by atoms with Gasteiger partial charge in [-0.2, -0.15) is 0 Å². The van der Waals surface area contributed by atoms with Crippen molar-refractivity contribution < 1.29 is 13.9 Å². The van der Waals surface area contributed by atoms with Gasteiger partial charge in [-0.25, -0.2) is 9.18 Å². The average molecular weight is 482 g/mol. The summed E-state index contributed by atoms with van der Waals surface area (Å²) in [7, 11) is 0. The number of rotatable bonds is 4. The Morgan fingerprint density at radius 2 is 1.90 bits per heavy atom. The summed E-state index contributed by atoms with van der Waals surface area (Å²) in [4.78, 5) is 15.2. The fourth-order valence-corrected chi connectivity index (χ4v) is 4.74. The van der Waals surface area contributed by atoms with Gasteiger partial charge in [0.2, 0.25) is 0 Å². The quantitative estimate of drug-likeness (QED) is 0.385. The molecule has 0 N–H and O–H groups in total. The minimum atomic E-state index is -0.414. The SMILES string of the molecule is CC(C)c1cc(Br)cc2c1N(C(=O)OCc1ccccc1)C(c1cccc(F)c1)CC2. The van der Waals surface area contributed by atoms with E-state index in [1.165, 1.54) is 12.1 Å². The van der Waals surface area contributed by atoms with Gasteiger partial charge in [-0.05, 0) is 65.3 Å². The molecule has 31 heavy (non-hydrogen) atoms. The highest BCUT2D eigenvalue weighted by Gasteiger charge is 2.36. The molecule has 3 nitrogen and oxygen atoms in total. The molecule has 1 aliphatic rings. The number of carbonyl (C=O) groups excluding carboxylic acids is 1. The molecule has 1 atom stereocenters. The summed E-state index contributed by atoms with van der Waals surface area (Å²) in [6.07, 6.45) is 1.09. The Labute approximate surface area is 191 Å². The maximum absolute atomic E-state index is 14.0. The van der Waals surface area contributed by atoms with E-state index >= 15 is 0 Å². The Balaban J connectivity index is 1.76. The smallest absolute Gasteiger partial charge is 0.415 e. The molecule has 0 saturated carbocycles. The van der Waals surface area contributed by atoms with Crippen LogP contribution in [0.5, 0.6) is 0 Å². The number of hydrogen-bond acceptors (Lipinski definition) is 2. The topological polar surface area (TPSA) is 29.5 Å². The second-order valence-electron chi connectivity index (χ2n) is 8.18. The number of nitrogens with zero attached hydrogens (tertiary/aromatic N) is 1. The van der Waals surface area contributed by atoms with Crippen molar-refractivity contribution in [1.29, 1.82) is 0 Å². The first kappa shape index (κ1) is 21.6. The molecule has 3 aromatic carbocycles. The Kier molecular flexibility index (Phi) is 6.42. The molecule has 0 radical (unpaired) electrons.